The number of hydrogen-bond donors (Lipinski definition) is 1. The average molecular weight is 458 g/mol. The van der Waals surface area contributed by atoms with Crippen molar-refractivity contribution >= 4 is 67.0 Å². The van der Waals surface area contributed by atoms with Gasteiger partial charge < -0.3 is 14.7 Å². The molecule has 0 aromatic carbocycles. The number of rotatable bonds is 13. The molecule has 1 N–H and O–H groups in total. The Morgan fingerprint density at radius 2 is 1.26 bits per heavy atom. The van der Waals surface area contributed by atoms with E-state index in [0.29, 0.717) is 18.1 Å². The van der Waals surface area contributed by atoms with Gasteiger partial charge in [0.05, 0.1) is 6.42 Å². The summed E-state index contributed by atoms with van der Waals surface area (Å²) in [5.74, 6) is -2.12. The van der Waals surface area contributed by atoms with Gasteiger partial charge in [-0.2, -0.15) is 0 Å². The number of carbonyl (C=O) groups excluding carboxylic acids is 3. The number of esters is 3. The molecule has 0 saturated heterocycles. The van der Waals surface area contributed by atoms with Crippen molar-refractivity contribution in [3.8, 4) is 0 Å². The van der Waals surface area contributed by atoms with Gasteiger partial charge in [-0.3, -0.25) is 14.4 Å². The zero-order valence-electron chi connectivity index (χ0n) is 16.0. The normalized spacial score (nSPS) is 13.7. The molecule has 0 spiro atoms. The van der Waals surface area contributed by atoms with E-state index in [1.54, 1.807) is 43.2 Å². The third-order valence-electron chi connectivity index (χ3n) is 3.14. The minimum Gasteiger partial charge on any atom is -0.408 e. The standard InChI is InChI=1S/C16H27NO6S4/c1-11(26-24-3)5-8-14(18)22-13(17-21)7-10-16(20)23-15(19)9-6-12(2)27-25-4/h11-12,21H,5-10H2,1-4H3/b17-13-. The lowest BCUT2D eigenvalue weighted by molar-refractivity contribution is -0.159. The van der Waals surface area contributed by atoms with Crippen LogP contribution in [-0.2, 0) is 23.9 Å². The lowest BCUT2D eigenvalue weighted by Crippen LogP contribution is -2.17. The minimum atomic E-state index is -0.743. The Kier molecular flexibility index (Phi) is 16.1. The van der Waals surface area contributed by atoms with Crippen molar-refractivity contribution in [1.29, 1.82) is 0 Å². The van der Waals surface area contributed by atoms with E-state index in [-0.39, 0.29) is 36.8 Å². The predicted molar refractivity (Wildman–Crippen MR) is 115 cm³/mol. The molecule has 156 valence electrons. The van der Waals surface area contributed by atoms with Gasteiger partial charge in [-0.1, -0.05) is 62.2 Å². The summed E-state index contributed by atoms with van der Waals surface area (Å²) in [6.45, 7) is 4.00. The van der Waals surface area contributed by atoms with Crippen molar-refractivity contribution in [2.45, 2.75) is 62.9 Å². The fourth-order valence-corrected chi connectivity index (χ4v) is 5.44. The predicted octanol–water partition coefficient (Wildman–Crippen LogP) is 4.53. The maximum absolute atomic E-state index is 11.7. The quantitative estimate of drug-likeness (QED) is 0.0807. The van der Waals surface area contributed by atoms with E-state index >= 15 is 0 Å². The van der Waals surface area contributed by atoms with Gasteiger partial charge in [0.25, 0.3) is 0 Å². The van der Waals surface area contributed by atoms with E-state index in [0.717, 1.165) is 0 Å². The van der Waals surface area contributed by atoms with Crippen molar-refractivity contribution in [3.05, 3.63) is 0 Å². The van der Waals surface area contributed by atoms with Crippen LogP contribution in [0.4, 0.5) is 0 Å². The van der Waals surface area contributed by atoms with Crippen molar-refractivity contribution in [2.24, 2.45) is 5.16 Å². The van der Waals surface area contributed by atoms with E-state index in [2.05, 4.69) is 5.16 Å². The highest BCUT2D eigenvalue weighted by Crippen LogP contribution is 2.27. The molecule has 0 bridgehead atoms. The summed E-state index contributed by atoms with van der Waals surface area (Å²) in [5.41, 5.74) is 0. The summed E-state index contributed by atoms with van der Waals surface area (Å²) in [6.07, 6.45) is 5.17. The van der Waals surface area contributed by atoms with E-state index in [1.165, 1.54) is 0 Å². The van der Waals surface area contributed by atoms with Crippen molar-refractivity contribution in [3.63, 3.8) is 0 Å². The number of ether oxygens (including phenoxy) is 2. The van der Waals surface area contributed by atoms with Crippen LogP contribution in [0.1, 0.15) is 52.4 Å². The molecule has 2 unspecified atom stereocenters. The molecule has 0 saturated carbocycles. The Hall–Kier alpha value is -0.520. The van der Waals surface area contributed by atoms with Crippen LogP contribution in [0.2, 0.25) is 0 Å². The van der Waals surface area contributed by atoms with Gasteiger partial charge in [-0.25, -0.2) is 0 Å². The highest BCUT2D eigenvalue weighted by Gasteiger charge is 2.16. The van der Waals surface area contributed by atoms with Crippen LogP contribution in [-0.4, -0.2) is 52.0 Å². The van der Waals surface area contributed by atoms with Crippen molar-refractivity contribution < 1.29 is 29.1 Å². The molecule has 0 aromatic heterocycles. The molecule has 0 rings (SSSR count). The van der Waals surface area contributed by atoms with Crippen LogP contribution in [0.15, 0.2) is 5.16 Å². The highest BCUT2D eigenvalue weighted by molar-refractivity contribution is 8.77. The summed E-state index contributed by atoms with van der Waals surface area (Å²) < 4.78 is 9.65. The van der Waals surface area contributed by atoms with Gasteiger partial charge in [0.1, 0.15) is 0 Å². The number of hydrogen-bond acceptors (Lipinski definition) is 11. The summed E-state index contributed by atoms with van der Waals surface area (Å²) in [6, 6.07) is 0. The third-order valence-corrected chi connectivity index (χ3v) is 7.78. The van der Waals surface area contributed by atoms with Crippen LogP contribution in [0.25, 0.3) is 0 Å². The fourth-order valence-electron chi connectivity index (χ4n) is 1.81. The van der Waals surface area contributed by atoms with Crippen molar-refractivity contribution in [1.82, 2.24) is 0 Å². The van der Waals surface area contributed by atoms with Crippen LogP contribution < -0.4 is 0 Å². The summed E-state index contributed by atoms with van der Waals surface area (Å²) >= 11 is 0. The van der Waals surface area contributed by atoms with Gasteiger partial charge in [-0.05, 0) is 25.4 Å². The maximum atomic E-state index is 11.7. The molecule has 27 heavy (non-hydrogen) atoms. The van der Waals surface area contributed by atoms with Gasteiger partial charge in [0.15, 0.2) is 0 Å². The molecule has 2 atom stereocenters. The van der Waals surface area contributed by atoms with Gasteiger partial charge in [0.2, 0.25) is 5.90 Å². The minimum absolute atomic E-state index is 0.123. The Morgan fingerprint density at radius 3 is 1.70 bits per heavy atom. The summed E-state index contributed by atoms with van der Waals surface area (Å²) in [7, 11) is 6.55. The Morgan fingerprint density at radius 1 is 0.815 bits per heavy atom. The molecule has 0 aliphatic rings. The maximum Gasteiger partial charge on any atom is 0.313 e. The number of nitrogens with zero attached hydrogens (tertiary/aromatic N) is 1. The van der Waals surface area contributed by atoms with Crippen LogP contribution >= 0.6 is 43.2 Å². The lowest BCUT2D eigenvalue weighted by Gasteiger charge is -2.09. The van der Waals surface area contributed by atoms with Gasteiger partial charge >= 0.3 is 17.9 Å². The fraction of sp³-hybridized carbons (Fsp3) is 0.750. The SMILES string of the molecule is CSSC(C)CCC(=O)OC(=O)CC/C(=N/O)OC(=O)CCC(C)SSC. The first-order valence-electron chi connectivity index (χ1n) is 8.36. The summed E-state index contributed by atoms with van der Waals surface area (Å²) in [5, 5.41) is 12.4. The van der Waals surface area contributed by atoms with E-state index in [1.807, 2.05) is 26.4 Å². The van der Waals surface area contributed by atoms with E-state index < -0.39 is 17.9 Å². The first-order valence-corrected chi connectivity index (χ1v) is 13.6. The molecule has 0 aliphatic carbocycles. The Labute approximate surface area is 176 Å². The molecule has 0 aromatic rings. The van der Waals surface area contributed by atoms with Crippen LogP contribution in [0.3, 0.4) is 0 Å². The molecule has 0 fully saturated rings. The van der Waals surface area contributed by atoms with Gasteiger partial charge in [-0.15, -0.1) is 0 Å². The topological polar surface area (TPSA) is 102 Å². The monoisotopic (exact) mass is 457 g/mol. The Bertz CT molecular complexity index is 503. The molecule has 0 aliphatic heterocycles. The molecular weight excluding hydrogens is 430 g/mol. The highest BCUT2D eigenvalue weighted by atomic mass is 33.1. The lowest BCUT2D eigenvalue weighted by atomic mass is 10.2. The second-order valence-electron chi connectivity index (χ2n) is 5.54. The second-order valence-corrected chi connectivity index (χ2v) is 11.4. The average Bonchev–Trinajstić information content (AvgIpc) is 2.62. The van der Waals surface area contributed by atoms with Crippen LogP contribution in [0.5, 0.6) is 0 Å². The Balaban J connectivity index is 4.10. The first kappa shape index (κ1) is 26.5. The summed E-state index contributed by atoms with van der Waals surface area (Å²) in [4.78, 5) is 35.1. The number of oxime groups is 1. The van der Waals surface area contributed by atoms with E-state index in [4.69, 9.17) is 14.7 Å². The molecular formula is C16H27NO6S4. The van der Waals surface area contributed by atoms with Crippen molar-refractivity contribution in [2.75, 3.05) is 12.5 Å². The molecule has 7 nitrogen and oxygen atoms in total. The second kappa shape index (κ2) is 16.4. The smallest absolute Gasteiger partial charge is 0.313 e. The van der Waals surface area contributed by atoms with Gasteiger partial charge in [0, 0.05) is 29.8 Å². The molecule has 0 radical (unpaired) electrons. The largest absolute Gasteiger partial charge is 0.408 e. The zero-order valence-corrected chi connectivity index (χ0v) is 19.2. The third kappa shape index (κ3) is 15.1. The first-order chi connectivity index (χ1) is 12.8. The van der Waals surface area contributed by atoms with Crippen LogP contribution in [0, 0.1) is 0 Å². The molecule has 0 amide bonds. The van der Waals surface area contributed by atoms with E-state index in [9.17, 15) is 14.4 Å². The number of carbonyl (C=O) groups is 3. The zero-order chi connectivity index (χ0) is 20.7. The molecule has 0 heterocycles. The molecule has 11 heteroatoms.